The molecule has 5 N–H and O–H groups in total. The molecular formula is C19H23N5O3. The highest BCUT2D eigenvalue weighted by atomic mass is 16.5. The molecule has 0 fully saturated rings. The van der Waals surface area contributed by atoms with Gasteiger partial charge in [-0.1, -0.05) is 6.07 Å². The Kier molecular flexibility index (Phi) is 4.06. The second-order valence-electron chi connectivity index (χ2n) is 5.88. The average molecular weight is 372 g/mol. The Morgan fingerprint density at radius 3 is 2.41 bits per heavy atom. The lowest BCUT2D eigenvalue weighted by Gasteiger charge is -2.16. The van der Waals surface area contributed by atoms with E-state index in [2.05, 4.69) is 15.3 Å². The SMILES string of the molecule is [2H]C([2H])([2H])Oc1c(OC)cc(NCc2ccc3nc(N)nc(N)c3c2C)cc1OC. The summed E-state index contributed by atoms with van der Waals surface area (Å²) in [6, 6.07) is 7.04. The molecule has 27 heavy (non-hydrogen) atoms. The van der Waals surface area contributed by atoms with Gasteiger partial charge in [0.15, 0.2) is 11.5 Å². The molecular weight excluding hydrogens is 346 g/mol. The summed E-state index contributed by atoms with van der Waals surface area (Å²) >= 11 is 0. The Balaban J connectivity index is 1.91. The number of fused-ring (bicyclic) bond motifs is 1. The van der Waals surface area contributed by atoms with Crippen LogP contribution in [-0.4, -0.2) is 31.2 Å². The van der Waals surface area contributed by atoms with E-state index in [9.17, 15) is 0 Å². The molecule has 0 amide bonds. The van der Waals surface area contributed by atoms with Crippen LogP contribution in [0.2, 0.25) is 0 Å². The van der Waals surface area contributed by atoms with Crippen LogP contribution in [0.15, 0.2) is 24.3 Å². The molecule has 0 saturated carbocycles. The molecule has 0 unspecified atom stereocenters. The first-order valence-electron chi connectivity index (χ1n) is 9.63. The predicted octanol–water partition coefficient (Wildman–Crippen LogP) is 2.74. The third kappa shape index (κ3) is 3.46. The Morgan fingerprint density at radius 1 is 1.07 bits per heavy atom. The first kappa shape index (κ1) is 14.7. The highest BCUT2D eigenvalue weighted by Crippen LogP contribution is 2.40. The van der Waals surface area contributed by atoms with E-state index in [0.29, 0.717) is 23.6 Å². The number of anilines is 3. The molecule has 0 bridgehead atoms. The van der Waals surface area contributed by atoms with Crippen LogP contribution in [0.5, 0.6) is 17.2 Å². The van der Waals surface area contributed by atoms with E-state index < -0.39 is 7.04 Å². The molecule has 0 aliphatic carbocycles. The van der Waals surface area contributed by atoms with Gasteiger partial charge in [0.1, 0.15) is 5.82 Å². The lowest BCUT2D eigenvalue weighted by atomic mass is 10.0. The van der Waals surface area contributed by atoms with Crippen molar-refractivity contribution in [3.63, 3.8) is 0 Å². The van der Waals surface area contributed by atoms with Crippen molar-refractivity contribution in [2.45, 2.75) is 13.5 Å². The summed E-state index contributed by atoms with van der Waals surface area (Å²) in [5.74, 6) is 0.929. The molecule has 1 heterocycles. The van der Waals surface area contributed by atoms with Crippen LogP contribution in [0, 0.1) is 6.92 Å². The summed E-state index contributed by atoms with van der Waals surface area (Å²) in [5.41, 5.74) is 14.9. The van der Waals surface area contributed by atoms with Crippen LogP contribution in [0.3, 0.4) is 0 Å². The normalized spacial score (nSPS) is 12.8. The van der Waals surface area contributed by atoms with Gasteiger partial charge in [-0.15, -0.1) is 0 Å². The molecule has 3 rings (SSSR count). The number of aromatic nitrogens is 2. The second kappa shape index (κ2) is 7.45. The molecule has 0 aliphatic heterocycles. The zero-order valence-corrected chi connectivity index (χ0v) is 15.3. The number of aryl methyl sites for hydroxylation is 1. The van der Waals surface area contributed by atoms with E-state index in [1.807, 2.05) is 19.1 Å². The Bertz CT molecular complexity index is 1060. The van der Waals surface area contributed by atoms with Crippen molar-refractivity contribution < 1.29 is 18.3 Å². The van der Waals surface area contributed by atoms with Crippen LogP contribution < -0.4 is 31.0 Å². The van der Waals surface area contributed by atoms with E-state index in [1.165, 1.54) is 14.2 Å². The number of nitrogens with two attached hydrogens (primary N) is 2. The quantitative estimate of drug-likeness (QED) is 0.604. The van der Waals surface area contributed by atoms with Crippen molar-refractivity contribution >= 4 is 28.4 Å². The minimum Gasteiger partial charge on any atom is -0.493 e. The third-order valence-electron chi connectivity index (χ3n) is 4.33. The van der Waals surface area contributed by atoms with E-state index in [4.69, 9.17) is 29.8 Å². The summed E-state index contributed by atoms with van der Waals surface area (Å²) in [4.78, 5) is 8.25. The molecule has 1 aromatic heterocycles. The van der Waals surface area contributed by atoms with Gasteiger partial charge in [0.05, 0.1) is 30.9 Å². The van der Waals surface area contributed by atoms with Crippen molar-refractivity contribution in [1.82, 2.24) is 9.97 Å². The number of hydrogen-bond acceptors (Lipinski definition) is 8. The fourth-order valence-electron chi connectivity index (χ4n) is 2.96. The summed E-state index contributed by atoms with van der Waals surface area (Å²) in [7, 11) is 0.211. The maximum absolute atomic E-state index is 7.34. The monoisotopic (exact) mass is 372 g/mol. The first-order valence-corrected chi connectivity index (χ1v) is 8.13. The average Bonchev–Trinajstić information content (AvgIpc) is 2.66. The standard InChI is InChI=1S/C19H23N5O3/c1-10-11(5-6-13-16(10)18(20)24-19(21)23-13)9-22-12-7-14(25-2)17(27-4)15(8-12)26-3/h5-8,22H,9H2,1-4H3,(H4,20,21,23,24)/i4D3. The summed E-state index contributed by atoms with van der Waals surface area (Å²) in [6.45, 7) is 2.39. The molecule has 0 spiro atoms. The zero-order valence-electron chi connectivity index (χ0n) is 18.3. The molecule has 2 aromatic carbocycles. The second-order valence-corrected chi connectivity index (χ2v) is 5.88. The number of nitrogen functional groups attached to an aromatic ring is 2. The zero-order chi connectivity index (χ0) is 22.1. The van der Waals surface area contributed by atoms with Gasteiger partial charge in [-0.25, -0.2) is 4.98 Å². The van der Waals surface area contributed by atoms with Gasteiger partial charge in [-0.2, -0.15) is 4.98 Å². The molecule has 8 heteroatoms. The van der Waals surface area contributed by atoms with Gasteiger partial charge in [0.2, 0.25) is 11.7 Å². The highest BCUT2D eigenvalue weighted by Gasteiger charge is 2.14. The first-order chi connectivity index (χ1) is 14.1. The van der Waals surface area contributed by atoms with Crippen molar-refractivity contribution in [2.75, 3.05) is 38.0 Å². The Labute approximate surface area is 161 Å². The van der Waals surface area contributed by atoms with Crippen molar-refractivity contribution in [3.05, 3.63) is 35.4 Å². The number of benzene rings is 2. The maximum Gasteiger partial charge on any atom is 0.222 e. The molecule has 142 valence electrons. The molecule has 8 nitrogen and oxygen atoms in total. The molecule has 0 aliphatic rings. The minimum atomic E-state index is -2.64. The van der Waals surface area contributed by atoms with E-state index in [-0.39, 0.29) is 23.2 Å². The van der Waals surface area contributed by atoms with Crippen LogP contribution in [0.1, 0.15) is 15.2 Å². The Hall–Kier alpha value is -3.42. The van der Waals surface area contributed by atoms with E-state index in [1.54, 1.807) is 12.1 Å². The van der Waals surface area contributed by atoms with Crippen LogP contribution in [0.25, 0.3) is 10.9 Å². The Morgan fingerprint density at radius 2 is 1.78 bits per heavy atom. The number of ether oxygens (including phenoxy) is 3. The lowest BCUT2D eigenvalue weighted by molar-refractivity contribution is 0.324. The summed E-state index contributed by atoms with van der Waals surface area (Å²) < 4.78 is 37.6. The molecule has 3 aromatic rings. The third-order valence-corrected chi connectivity index (χ3v) is 4.33. The van der Waals surface area contributed by atoms with Gasteiger partial charge in [0, 0.05) is 29.8 Å². The van der Waals surface area contributed by atoms with Crippen molar-refractivity contribution in [1.29, 1.82) is 0 Å². The van der Waals surface area contributed by atoms with Crippen LogP contribution in [0.4, 0.5) is 17.5 Å². The predicted molar refractivity (Wildman–Crippen MR) is 107 cm³/mol. The number of rotatable bonds is 6. The molecule has 0 radical (unpaired) electrons. The number of nitrogens with zero attached hydrogens (tertiary/aromatic N) is 2. The van der Waals surface area contributed by atoms with Crippen LogP contribution >= 0.6 is 0 Å². The van der Waals surface area contributed by atoms with Gasteiger partial charge in [-0.05, 0) is 24.1 Å². The largest absolute Gasteiger partial charge is 0.493 e. The fraction of sp³-hybridized carbons (Fsp3) is 0.263. The van der Waals surface area contributed by atoms with E-state index in [0.717, 1.165) is 16.5 Å². The van der Waals surface area contributed by atoms with Crippen molar-refractivity contribution in [3.8, 4) is 17.2 Å². The molecule has 0 saturated heterocycles. The minimum absolute atomic E-state index is 0.00921. The maximum atomic E-state index is 7.34. The summed E-state index contributed by atoms with van der Waals surface area (Å²) in [5, 5.41) is 4.02. The number of hydrogen-bond donors (Lipinski definition) is 3. The van der Waals surface area contributed by atoms with Crippen LogP contribution in [-0.2, 0) is 6.54 Å². The summed E-state index contributed by atoms with van der Waals surface area (Å²) in [6.07, 6.45) is 0. The fourth-order valence-corrected chi connectivity index (χ4v) is 2.96. The van der Waals surface area contributed by atoms with Gasteiger partial charge in [-0.3, -0.25) is 0 Å². The highest BCUT2D eigenvalue weighted by molar-refractivity contribution is 5.92. The van der Waals surface area contributed by atoms with E-state index >= 15 is 0 Å². The number of nitrogens with one attached hydrogen (secondary N) is 1. The smallest absolute Gasteiger partial charge is 0.222 e. The number of methoxy groups -OCH3 is 3. The lowest BCUT2D eigenvalue weighted by Crippen LogP contribution is -2.06. The van der Waals surface area contributed by atoms with Crippen molar-refractivity contribution in [2.24, 2.45) is 0 Å². The topological polar surface area (TPSA) is 118 Å². The van der Waals surface area contributed by atoms with Gasteiger partial charge >= 0.3 is 0 Å². The van der Waals surface area contributed by atoms with Gasteiger partial charge in [0.25, 0.3) is 0 Å². The van der Waals surface area contributed by atoms with Gasteiger partial charge < -0.3 is 31.0 Å². The molecule has 0 atom stereocenters.